The minimum atomic E-state index is -3.72. The molecule has 0 spiro atoms. The van der Waals surface area contributed by atoms with Crippen LogP contribution in [0.1, 0.15) is 15.9 Å². The summed E-state index contributed by atoms with van der Waals surface area (Å²) in [5, 5.41) is 3.85. The number of thioether (sulfide) groups is 1. The fourth-order valence-electron chi connectivity index (χ4n) is 3.11. The van der Waals surface area contributed by atoms with Crippen LogP contribution in [0.3, 0.4) is 0 Å². The number of hydrogen-bond acceptors (Lipinski definition) is 6. The zero-order valence-electron chi connectivity index (χ0n) is 17.5. The number of carbonyl (C=O) groups is 1. The molecule has 2 aromatic rings. The van der Waals surface area contributed by atoms with Gasteiger partial charge in [0, 0.05) is 31.1 Å². The van der Waals surface area contributed by atoms with E-state index in [2.05, 4.69) is 5.32 Å². The molecular formula is C21H24Cl2N2O5S2. The van der Waals surface area contributed by atoms with E-state index in [1.807, 2.05) is 12.1 Å². The molecule has 32 heavy (non-hydrogen) atoms. The minimum Gasteiger partial charge on any atom is -0.496 e. The summed E-state index contributed by atoms with van der Waals surface area (Å²) in [6, 6.07) is 9.80. The standard InChI is InChI=1S/C21H24Cl2N2O5S2/c1-29-20-5-3-16(32(27,28)25-7-9-30-10-8-25)13-17(20)21(26)24-6-11-31-14-15-2-4-18(22)19(23)12-15/h2-5,12-13H,6-11,14H2,1H3,(H,24,26). The van der Waals surface area contributed by atoms with Crippen molar-refractivity contribution >= 4 is 50.9 Å². The van der Waals surface area contributed by atoms with E-state index < -0.39 is 15.9 Å². The Balaban J connectivity index is 1.60. The zero-order valence-corrected chi connectivity index (χ0v) is 20.6. The summed E-state index contributed by atoms with van der Waals surface area (Å²) in [5.41, 5.74) is 1.22. The van der Waals surface area contributed by atoms with Gasteiger partial charge in [-0.05, 0) is 35.9 Å². The van der Waals surface area contributed by atoms with Crippen molar-refractivity contribution in [1.82, 2.24) is 9.62 Å². The van der Waals surface area contributed by atoms with E-state index in [4.69, 9.17) is 32.7 Å². The van der Waals surface area contributed by atoms with Crippen LogP contribution in [0.2, 0.25) is 10.0 Å². The van der Waals surface area contributed by atoms with Crippen molar-refractivity contribution in [2.75, 3.05) is 45.7 Å². The molecule has 0 atom stereocenters. The Labute approximate surface area is 202 Å². The Bertz CT molecular complexity index is 1060. The van der Waals surface area contributed by atoms with E-state index in [0.29, 0.717) is 41.3 Å². The molecule has 1 aliphatic rings. The number of benzene rings is 2. The molecule has 1 amide bonds. The first-order valence-corrected chi connectivity index (χ1v) is 13.2. The molecule has 0 saturated carbocycles. The Morgan fingerprint density at radius 3 is 2.59 bits per heavy atom. The molecule has 1 heterocycles. The molecule has 1 N–H and O–H groups in total. The maximum atomic E-state index is 12.9. The Morgan fingerprint density at radius 2 is 1.91 bits per heavy atom. The second kappa shape index (κ2) is 11.6. The molecule has 0 bridgehead atoms. The molecule has 7 nitrogen and oxygen atoms in total. The maximum Gasteiger partial charge on any atom is 0.255 e. The number of hydrogen-bond donors (Lipinski definition) is 1. The Kier molecular flexibility index (Phi) is 9.10. The van der Waals surface area contributed by atoms with Crippen LogP contribution < -0.4 is 10.1 Å². The molecule has 11 heteroatoms. The molecule has 0 aromatic heterocycles. The topological polar surface area (TPSA) is 84.9 Å². The summed E-state index contributed by atoms with van der Waals surface area (Å²) in [6.45, 7) is 1.68. The van der Waals surface area contributed by atoms with Crippen LogP contribution in [0, 0.1) is 0 Å². The number of nitrogens with zero attached hydrogens (tertiary/aromatic N) is 1. The quantitative estimate of drug-likeness (QED) is 0.509. The van der Waals surface area contributed by atoms with E-state index in [0.717, 1.165) is 11.3 Å². The van der Waals surface area contributed by atoms with Crippen molar-refractivity contribution in [3.63, 3.8) is 0 Å². The van der Waals surface area contributed by atoms with Gasteiger partial charge in [0.1, 0.15) is 5.75 Å². The van der Waals surface area contributed by atoms with Crippen molar-refractivity contribution in [1.29, 1.82) is 0 Å². The summed E-state index contributed by atoms with van der Waals surface area (Å²) in [4.78, 5) is 12.8. The predicted molar refractivity (Wildman–Crippen MR) is 128 cm³/mol. The lowest BCUT2D eigenvalue weighted by molar-refractivity contribution is 0.0730. The monoisotopic (exact) mass is 518 g/mol. The third kappa shape index (κ3) is 6.30. The van der Waals surface area contributed by atoms with Crippen LogP contribution in [0.15, 0.2) is 41.3 Å². The number of methoxy groups -OCH3 is 1. The van der Waals surface area contributed by atoms with Crippen molar-refractivity contribution < 1.29 is 22.7 Å². The molecule has 0 radical (unpaired) electrons. The molecule has 2 aromatic carbocycles. The summed E-state index contributed by atoms with van der Waals surface area (Å²) >= 11 is 13.6. The van der Waals surface area contributed by atoms with Crippen LogP contribution in [0.5, 0.6) is 5.75 Å². The molecule has 0 aliphatic carbocycles. The first kappa shape index (κ1) is 25.1. The van der Waals surface area contributed by atoms with Crippen LogP contribution >= 0.6 is 35.0 Å². The van der Waals surface area contributed by atoms with Crippen LogP contribution in [-0.2, 0) is 20.5 Å². The molecule has 1 saturated heterocycles. The third-order valence-electron chi connectivity index (χ3n) is 4.81. The van der Waals surface area contributed by atoms with Crippen molar-refractivity contribution in [3.8, 4) is 5.75 Å². The van der Waals surface area contributed by atoms with Gasteiger partial charge in [0.05, 0.1) is 40.8 Å². The number of carbonyl (C=O) groups excluding carboxylic acids is 1. The highest BCUT2D eigenvalue weighted by Gasteiger charge is 2.28. The average molecular weight is 519 g/mol. The fourth-order valence-corrected chi connectivity index (χ4v) is 5.67. The van der Waals surface area contributed by atoms with Gasteiger partial charge < -0.3 is 14.8 Å². The largest absolute Gasteiger partial charge is 0.496 e. The lowest BCUT2D eigenvalue weighted by Gasteiger charge is -2.26. The van der Waals surface area contributed by atoms with Crippen LogP contribution in [-0.4, -0.2) is 64.3 Å². The van der Waals surface area contributed by atoms with Crippen molar-refractivity contribution in [2.24, 2.45) is 0 Å². The van der Waals surface area contributed by atoms with Gasteiger partial charge in [-0.1, -0.05) is 29.3 Å². The third-order valence-corrected chi connectivity index (χ3v) is 8.47. The first-order chi connectivity index (χ1) is 15.3. The van der Waals surface area contributed by atoms with E-state index in [-0.39, 0.29) is 23.5 Å². The summed E-state index contributed by atoms with van der Waals surface area (Å²) < 4.78 is 37.7. The number of halogens is 2. The average Bonchev–Trinajstić information content (AvgIpc) is 2.81. The summed E-state index contributed by atoms with van der Waals surface area (Å²) in [5.74, 6) is 1.31. The minimum absolute atomic E-state index is 0.0549. The van der Waals surface area contributed by atoms with Gasteiger partial charge in [-0.15, -0.1) is 0 Å². The van der Waals surface area contributed by atoms with Gasteiger partial charge in [0.25, 0.3) is 5.91 Å². The van der Waals surface area contributed by atoms with Gasteiger partial charge in [-0.3, -0.25) is 4.79 Å². The number of sulfonamides is 1. The number of amides is 1. The SMILES string of the molecule is COc1ccc(S(=O)(=O)N2CCOCC2)cc1C(=O)NCCSCc1ccc(Cl)c(Cl)c1. The number of ether oxygens (including phenoxy) is 2. The summed E-state index contributed by atoms with van der Waals surface area (Å²) in [6.07, 6.45) is 0. The number of rotatable bonds is 9. The van der Waals surface area contributed by atoms with Crippen LogP contribution in [0.25, 0.3) is 0 Å². The molecule has 174 valence electrons. The second-order valence-electron chi connectivity index (χ2n) is 6.94. The molecule has 0 unspecified atom stereocenters. The first-order valence-electron chi connectivity index (χ1n) is 9.88. The fraction of sp³-hybridized carbons (Fsp3) is 0.381. The Hall–Kier alpha value is -1.49. The van der Waals surface area contributed by atoms with E-state index >= 15 is 0 Å². The van der Waals surface area contributed by atoms with E-state index in [9.17, 15) is 13.2 Å². The zero-order chi connectivity index (χ0) is 23.1. The molecule has 3 rings (SSSR count). The lowest BCUT2D eigenvalue weighted by Crippen LogP contribution is -2.40. The van der Waals surface area contributed by atoms with E-state index in [1.54, 1.807) is 17.8 Å². The van der Waals surface area contributed by atoms with Gasteiger partial charge >= 0.3 is 0 Å². The van der Waals surface area contributed by atoms with Gasteiger partial charge in [0.2, 0.25) is 10.0 Å². The maximum absolute atomic E-state index is 12.9. The lowest BCUT2D eigenvalue weighted by atomic mass is 10.2. The van der Waals surface area contributed by atoms with E-state index in [1.165, 1.54) is 29.6 Å². The second-order valence-corrected chi connectivity index (χ2v) is 10.8. The summed E-state index contributed by atoms with van der Waals surface area (Å²) in [7, 11) is -2.28. The smallest absolute Gasteiger partial charge is 0.255 e. The highest BCUT2D eigenvalue weighted by molar-refractivity contribution is 7.98. The molecular weight excluding hydrogens is 495 g/mol. The van der Waals surface area contributed by atoms with Gasteiger partial charge in [0.15, 0.2) is 0 Å². The Morgan fingerprint density at radius 1 is 1.16 bits per heavy atom. The van der Waals surface area contributed by atoms with Crippen LogP contribution in [0.4, 0.5) is 0 Å². The predicted octanol–water partition coefficient (Wildman–Crippen LogP) is 3.69. The van der Waals surface area contributed by atoms with Gasteiger partial charge in [-0.25, -0.2) is 8.42 Å². The van der Waals surface area contributed by atoms with Gasteiger partial charge in [-0.2, -0.15) is 16.1 Å². The number of morpholine rings is 1. The van der Waals surface area contributed by atoms with Crippen molar-refractivity contribution in [2.45, 2.75) is 10.6 Å². The molecule has 1 aliphatic heterocycles. The van der Waals surface area contributed by atoms with Crippen molar-refractivity contribution in [3.05, 3.63) is 57.6 Å². The normalized spacial score (nSPS) is 14.8. The number of nitrogens with one attached hydrogen (secondary N) is 1. The highest BCUT2D eigenvalue weighted by atomic mass is 35.5. The highest BCUT2D eigenvalue weighted by Crippen LogP contribution is 2.26. The molecule has 1 fully saturated rings.